The summed E-state index contributed by atoms with van der Waals surface area (Å²) in [4.78, 5) is 20.5. The number of hydrogen-bond acceptors (Lipinski definition) is 2. The number of imidazole rings is 1. The molecule has 0 bridgehead atoms. The average Bonchev–Trinajstić information content (AvgIpc) is 3.06. The highest BCUT2D eigenvalue weighted by molar-refractivity contribution is 6.10. The molecule has 1 heterocycles. The van der Waals surface area contributed by atoms with Gasteiger partial charge in [-0.15, -0.1) is 0 Å². The minimum atomic E-state index is 0.0456. The molecule has 0 saturated heterocycles. The van der Waals surface area contributed by atoms with Crippen molar-refractivity contribution in [1.82, 2.24) is 9.97 Å². The Morgan fingerprint density at radius 1 is 0.875 bits per heavy atom. The van der Waals surface area contributed by atoms with Crippen LogP contribution in [0.25, 0.3) is 22.4 Å². The molecule has 3 aromatic carbocycles. The molecule has 0 saturated carbocycles. The number of ketones is 1. The summed E-state index contributed by atoms with van der Waals surface area (Å²) < 4.78 is 0. The zero-order valence-electron chi connectivity index (χ0n) is 13.3. The predicted octanol–water partition coefficient (Wildman–Crippen LogP) is 4.77. The Morgan fingerprint density at radius 2 is 1.58 bits per heavy atom. The van der Waals surface area contributed by atoms with Gasteiger partial charge in [0.25, 0.3) is 0 Å². The smallest absolute Gasteiger partial charge is 0.193 e. The van der Waals surface area contributed by atoms with Crippen molar-refractivity contribution in [2.45, 2.75) is 6.92 Å². The number of nitrogens with one attached hydrogen (secondary N) is 1. The van der Waals surface area contributed by atoms with E-state index in [4.69, 9.17) is 0 Å². The summed E-state index contributed by atoms with van der Waals surface area (Å²) in [5.41, 5.74) is 5.33. The second-order valence-electron chi connectivity index (χ2n) is 5.82. The topological polar surface area (TPSA) is 45.8 Å². The van der Waals surface area contributed by atoms with Crippen LogP contribution in [0.4, 0.5) is 0 Å². The Hall–Kier alpha value is -3.20. The van der Waals surface area contributed by atoms with E-state index in [1.54, 1.807) is 0 Å². The van der Waals surface area contributed by atoms with E-state index in [0.29, 0.717) is 5.56 Å². The monoisotopic (exact) mass is 312 g/mol. The van der Waals surface area contributed by atoms with Gasteiger partial charge in [-0.1, -0.05) is 60.7 Å². The maximum atomic E-state index is 12.6. The highest BCUT2D eigenvalue weighted by Crippen LogP contribution is 2.22. The number of aromatic nitrogens is 2. The highest BCUT2D eigenvalue weighted by Gasteiger charge is 2.12. The van der Waals surface area contributed by atoms with Crippen LogP contribution in [0.1, 0.15) is 21.5 Å². The van der Waals surface area contributed by atoms with Crippen molar-refractivity contribution in [3.05, 3.63) is 89.5 Å². The van der Waals surface area contributed by atoms with Gasteiger partial charge in [0.2, 0.25) is 0 Å². The van der Waals surface area contributed by atoms with Crippen LogP contribution < -0.4 is 0 Å². The van der Waals surface area contributed by atoms with E-state index in [1.807, 2.05) is 79.7 Å². The van der Waals surface area contributed by atoms with Crippen LogP contribution in [0, 0.1) is 6.92 Å². The van der Waals surface area contributed by atoms with Gasteiger partial charge in [0, 0.05) is 16.7 Å². The van der Waals surface area contributed by atoms with Gasteiger partial charge in [-0.25, -0.2) is 4.98 Å². The van der Waals surface area contributed by atoms with E-state index < -0.39 is 0 Å². The summed E-state index contributed by atoms with van der Waals surface area (Å²) in [7, 11) is 0. The Labute approximate surface area is 140 Å². The Morgan fingerprint density at radius 3 is 2.33 bits per heavy atom. The van der Waals surface area contributed by atoms with E-state index in [9.17, 15) is 4.79 Å². The minimum Gasteiger partial charge on any atom is -0.338 e. The maximum absolute atomic E-state index is 12.6. The first-order valence-corrected chi connectivity index (χ1v) is 7.88. The number of hydrogen-bond donors (Lipinski definition) is 1. The van der Waals surface area contributed by atoms with Gasteiger partial charge in [-0.3, -0.25) is 4.79 Å². The first-order valence-electron chi connectivity index (χ1n) is 7.88. The zero-order chi connectivity index (χ0) is 16.5. The molecular weight excluding hydrogens is 296 g/mol. The van der Waals surface area contributed by atoms with Gasteiger partial charge in [0.15, 0.2) is 5.78 Å². The molecule has 24 heavy (non-hydrogen) atoms. The summed E-state index contributed by atoms with van der Waals surface area (Å²) in [6, 6.07) is 23.2. The average molecular weight is 312 g/mol. The number of nitrogens with zero attached hydrogens (tertiary/aromatic N) is 1. The van der Waals surface area contributed by atoms with Crippen LogP contribution in [0.15, 0.2) is 72.8 Å². The fourth-order valence-electron chi connectivity index (χ4n) is 2.85. The standard InChI is InChI=1S/C21H16N2O/c1-14-6-2-3-7-17(14)20(24)15-10-12-16(13-11-15)21-22-18-8-4-5-9-19(18)23-21/h2-13H,1H3,(H,22,23). The van der Waals surface area contributed by atoms with E-state index in [2.05, 4.69) is 9.97 Å². The molecule has 0 amide bonds. The van der Waals surface area contributed by atoms with Crippen molar-refractivity contribution in [1.29, 1.82) is 0 Å². The summed E-state index contributed by atoms with van der Waals surface area (Å²) >= 11 is 0. The SMILES string of the molecule is Cc1ccccc1C(=O)c1ccc(-c2nc3ccccc3[nH]2)cc1. The quantitative estimate of drug-likeness (QED) is 0.554. The summed E-state index contributed by atoms with van der Waals surface area (Å²) in [6.45, 7) is 1.95. The van der Waals surface area contributed by atoms with E-state index in [1.165, 1.54) is 0 Å². The van der Waals surface area contributed by atoms with Crippen molar-refractivity contribution in [3.63, 3.8) is 0 Å². The molecule has 1 aromatic heterocycles. The highest BCUT2D eigenvalue weighted by atomic mass is 16.1. The summed E-state index contributed by atoms with van der Waals surface area (Å²) in [6.07, 6.45) is 0. The lowest BCUT2D eigenvalue weighted by atomic mass is 9.98. The molecule has 0 fully saturated rings. The Bertz CT molecular complexity index is 996. The van der Waals surface area contributed by atoms with Crippen LogP contribution in [0.2, 0.25) is 0 Å². The van der Waals surface area contributed by atoms with Crippen molar-refractivity contribution in [3.8, 4) is 11.4 Å². The molecule has 3 heteroatoms. The molecule has 4 rings (SSSR count). The fraction of sp³-hybridized carbons (Fsp3) is 0.0476. The number of fused-ring (bicyclic) bond motifs is 1. The lowest BCUT2D eigenvalue weighted by molar-refractivity contribution is 0.103. The van der Waals surface area contributed by atoms with Crippen molar-refractivity contribution >= 4 is 16.8 Å². The number of benzene rings is 3. The van der Waals surface area contributed by atoms with E-state index in [0.717, 1.165) is 33.5 Å². The lowest BCUT2D eigenvalue weighted by Crippen LogP contribution is -2.03. The van der Waals surface area contributed by atoms with Gasteiger partial charge in [-0.2, -0.15) is 0 Å². The van der Waals surface area contributed by atoms with Crippen LogP contribution >= 0.6 is 0 Å². The first kappa shape index (κ1) is 14.4. The third kappa shape index (κ3) is 2.50. The molecule has 3 nitrogen and oxygen atoms in total. The van der Waals surface area contributed by atoms with Crippen molar-refractivity contribution < 1.29 is 4.79 Å². The molecule has 0 aliphatic heterocycles. The van der Waals surface area contributed by atoms with Crippen LogP contribution in [0.5, 0.6) is 0 Å². The van der Waals surface area contributed by atoms with Crippen LogP contribution in [-0.2, 0) is 0 Å². The number of carbonyl (C=O) groups excluding carboxylic acids is 1. The number of carbonyl (C=O) groups is 1. The maximum Gasteiger partial charge on any atom is 0.193 e. The molecule has 0 atom stereocenters. The molecule has 0 spiro atoms. The molecule has 0 aliphatic rings. The lowest BCUT2D eigenvalue weighted by Gasteiger charge is -2.05. The Kier molecular flexibility index (Phi) is 3.47. The second-order valence-corrected chi connectivity index (χ2v) is 5.82. The first-order chi connectivity index (χ1) is 11.7. The molecule has 0 aliphatic carbocycles. The van der Waals surface area contributed by atoms with Gasteiger partial charge >= 0.3 is 0 Å². The van der Waals surface area contributed by atoms with Crippen molar-refractivity contribution in [2.75, 3.05) is 0 Å². The third-order valence-corrected chi connectivity index (χ3v) is 4.20. The Balaban J connectivity index is 1.67. The van der Waals surface area contributed by atoms with Crippen LogP contribution in [0.3, 0.4) is 0 Å². The number of para-hydroxylation sites is 2. The molecule has 1 N–H and O–H groups in total. The van der Waals surface area contributed by atoms with Gasteiger partial charge < -0.3 is 4.98 Å². The number of rotatable bonds is 3. The van der Waals surface area contributed by atoms with Gasteiger partial charge in [0.05, 0.1) is 11.0 Å². The molecular formula is C21H16N2O. The predicted molar refractivity (Wildman–Crippen MR) is 96.1 cm³/mol. The van der Waals surface area contributed by atoms with Gasteiger partial charge in [0.1, 0.15) is 5.82 Å². The normalized spacial score (nSPS) is 10.9. The minimum absolute atomic E-state index is 0.0456. The molecule has 4 aromatic rings. The molecule has 0 unspecified atom stereocenters. The molecule has 116 valence electrons. The fourth-order valence-corrected chi connectivity index (χ4v) is 2.85. The van der Waals surface area contributed by atoms with Crippen molar-refractivity contribution in [2.24, 2.45) is 0 Å². The number of aryl methyl sites for hydroxylation is 1. The number of H-pyrrole nitrogens is 1. The zero-order valence-corrected chi connectivity index (χ0v) is 13.3. The summed E-state index contributed by atoms with van der Waals surface area (Å²) in [5, 5.41) is 0. The number of aromatic amines is 1. The van der Waals surface area contributed by atoms with Gasteiger partial charge in [-0.05, 0) is 24.6 Å². The third-order valence-electron chi connectivity index (χ3n) is 4.20. The largest absolute Gasteiger partial charge is 0.338 e. The van der Waals surface area contributed by atoms with E-state index >= 15 is 0 Å². The second kappa shape index (κ2) is 5.78. The molecule has 0 radical (unpaired) electrons. The van der Waals surface area contributed by atoms with Crippen LogP contribution in [-0.4, -0.2) is 15.8 Å². The van der Waals surface area contributed by atoms with E-state index in [-0.39, 0.29) is 5.78 Å². The summed E-state index contributed by atoms with van der Waals surface area (Å²) in [5.74, 6) is 0.857.